The van der Waals surface area contributed by atoms with Gasteiger partial charge in [-0.1, -0.05) is 0 Å². The summed E-state index contributed by atoms with van der Waals surface area (Å²) in [5, 5.41) is 6.90. The van der Waals surface area contributed by atoms with Crippen LogP contribution in [0.5, 0.6) is 5.75 Å². The number of hydrogen-bond donors (Lipinski definition) is 2. The molecule has 13 heteroatoms. The summed E-state index contributed by atoms with van der Waals surface area (Å²) in [7, 11) is 2.89. The summed E-state index contributed by atoms with van der Waals surface area (Å²) in [5.41, 5.74) is 0.662. The van der Waals surface area contributed by atoms with Gasteiger partial charge in [0.15, 0.2) is 10.8 Å². The maximum absolute atomic E-state index is 13.7. The molecule has 1 aromatic carbocycles. The molecule has 11 nitrogen and oxygen atoms in total. The molecule has 4 rings (SSSR count). The molecular weight excluding hydrogens is 489 g/mol. The van der Waals surface area contributed by atoms with Crippen molar-refractivity contribution < 1.29 is 23.5 Å². The topological polar surface area (TPSA) is 130 Å². The van der Waals surface area contributed by atoms with Crippen LogP contribution in [-0.4, -0.2) is 59.5 Å². The second-order valence-corrected chi connectivity index (χ2v) is 8.33. The molecule has 184 valence electrons. The van der Waals surface area contributed by atoms with Crippen LogP contribution in [0.15, 0.2) is 36.0 Å². The SMILES string of the molecule is C#Cc1nc(C(=O)N(c2cc(NC(=O)NC)cc(OC)c2)C2CCN(c3ncc(F)cn3)C2=O)cs1. The van der Waals surface area contributed by atoms with Crippen LogP contribution in [-0.2, 0) is 4.79 Å². The van der Waals surface area contributed by atoms with Crippen molar-refractivity contribution in [2.45, 2.75) is 12.5 Å². The molecule has 1 atom stereocenters. The van der Waals surface area contributed by atoms with Gasteiger partial charge in [0, 0.05) is 36.8 Å². The lowest BCUT2D eigenvalue weighted by atomic mass is 10.1. The van der Waals surface area contributed by atoms with E-state index in [-0.39, 0.29) is 30.3 Å². The smallest absolute Gasteiger partial charge is 0.318 e. The molecule has 1 aliphatic rings. The van der Waals surface area contributed by atoms with Gasteiger partial charge in [-0.05, 0) is 18.4 Å². The van der Waals surface area contributed by atoms with Crippen LogP contribution in [0.25, 0.3) is 0 Å². The number of methoxy groups -OCH3 is 1. The number of carbonyl (C=O) groups excluding carboxylic acids is 3. The number of ether oxygens (including phenoxy) is 1. The molecule has 1 aliphatic heterocycles. The number of hydrogen-bond acceptors (Lipinski definition) is 8. The number of anilines is 3. The maximum Gasteiger partial charge on any atom is 0.318 e. The summed E-state index contributed by atoms with van der Waals surface area (Å²) in [4.78, 5) is 53.6. The normalized spacial score (nSPS) is 14.8. The van der Waals surface area contributed by atoms with E-state index in [4.69, 9.17) is 11.2 Å². The van der Waals surface area contributed by atoms with Gasteiger partial charge in [-0.25, -0.2) is 24.1 Å². The Morgan fingerprint density at radius 2 is 2.06 bits per heavy atom. The van der Waals surface area contributed by atoms with Crippen molar-refractivity contribution in [2.24, 2.45) is 0 Å². The highest BCUT2D eigenvalue weighted by atomic mass is 32.1. The Labute approximate surface area is 209 Å². The number of thiazole rings is 1. The minimum Gasteiger partial charge on any atom is -0.497 e. The fraction of sp³-hybridized carbons (Fsp3) is 0.217. The third-order valence-corrected chi connectivity index (χ3v) is 6.07. The number of halogens is 1. The molecule has 2 N–H and O–H groups in total. The highest BCUT2D eigenvalue weighted by Crippen LogP contribution is 2.33. The Kier molecular flexibility index (Phi) is 7.07. The van der Waals surface area contributed by atoms with Crippen molar-refractivity contribution in [3.05, 3.63) is 52.5 Å². The second-order valence-electron chi connectivity index (χ2n) is 7.48. The molecule has 0 bridgehead atoms. The van der Waals surface area contributed by atoms with Crippen LogP contribution >= 0.6 is 11.3 Å². The molecule has 36 heavy (non-hydrogen) atoms. The van der Waals surface area contributed by atoms with E-state index in [1.54, 1.807) is 12.1 Å². The van der Waals surface area contributed by atoms with Crippen molar-refractivity contribution in [2.75, 3.05) is 35.8 Å². The summed E-state index contributed by atoms with van der Waals surface area (Å²) in [5.74, 6) is 1.06. The molecular formula is C23H20FN7O4S. The van der Waals surface area contributed by atoms with Gasteiger partial charge in [-0.2, -0.15) is 0 Å². The van der Waals surface area contributed by atoms with E-state index < -0.39 is 29.7 Å². The highest BCUT2D eigenvalue weighted by molar-refractivity contribution is 7.10. The number of amides is 4. The first-order valence-electron chi connectivity index (χ1n) is 10.6. The highest BCUT2D eigenvalue weighted by Gasteiger charge is 2.41. The fourth-order valence-corrected chi connectivity index (χ4v) is 4.25. The van der Waals surface area contributed by atoms with Gasteiger partial charge < -0.3 is 15.4 Å². The van der Waals surface area contributed by atoms with Gasteiger partial charge in [0.1, 0.15) is 17.5 Å². The van der Waals surface area contributed by atoms with Crippen LogP contribution in [0.4, 0.5) is 26.5 Å². The van der Waals surface area contributed by atoms with Gasteiger partial charge in [0.2, 0.25) is 5.95 Å². The summed E-state index contributed by atoms with van der Waals surface area (Å²) < 4.78 is 18.7. The Morgan fingerprint density at radius 3 is 2.69 bits per heavy atom. The number of benzene rings is 1. The van der Waals surface area contributed by atoms with Crippen molar-refractivity contribution in [1.82, 2.24) is 20.3 Å². The largest absolute Gasteiger partial charge is 0.497 e. The van der Waals surface area contributed by atoms with E-state index in [0.29, 0.717) is 16.4 Å². The molecule has 0 aliphatic carbocycles. The maximum atomic E-state index is 13.7. The van der Waals surface area contributed by atoms with Crippen LogP contribution < -0.4 is 25.2 Å². The number of aromatic nitrogens is 3. The third kappa shape index (κ3) is 4.93. The van der Waals surface area contributed by atoms with Crippen LogP contribution in [0.2, 0.25) is 0 Å². The first kappa shape index (κ1) is 24.6. The van der Waals surface area contributed by atoms with Crippen molar-refractivity contribution in [3.63, 3.8) is 0 Å². The van der Waals surface area contributed by atoms with E-state index in [2.05, 4.69) is 31.5 Å². The molecule has 0 radical (unpaired) electrons. The zero-order valence-corrected chi connectivity index (χ0v) is 20.0. The van der Waals surface area contributed by atoms with Crippen LogP contribution in [0.3, 0.4) is 0 Å². The predicted octanol–water partition coefficient (Wildman–Crippen LogP) is 2.27. The lowest BCUT2D eigenvalue weighted by Crippen LogP contribution is -2.46. The summed E-state index contributed by atoms with van der Waals surface area (Å²) in [6.07, 6.45) is 7.56. The molecule has 0 spiro atoms. The lowest BCUT2D eigenvalue weighted by molar-refractivity contribution is -0.118. The van der Waals surface area contributed by atoms with Gasteiger partial charge in [-0.3, -0.25) is 19.4 Å². The van der Waals surface area contributed by atoms with Crippen molar-refractivity contribution in [1.29, 1.82) is 0 Å². The van der Waals surface area contributed by atoms with Crippen LogP contribution in [0, 0.1) is 18.2 Å². The Balaban J connectivity index is 1.77. The number of nitrogens with one attached hydrogen (secondary N) is 2. The van der Waals surface area contributed by atoms with Crippen molar-refractivity contribution >= 4 is 46.5 Å². The van der Waals surface area contributed by atoms with E-state index >= 15 is 0 Å². The molecule has 3 heterocycles. The summed E-state index contributed by atoms with van der Waals surface area (Å²) in [6, 6.07) is 3.21. The Morgan fingerprint density at radius 1 is 1.31 bits per heavy atom. The molecule has 0 saturated carbocycles. The molecule has 3 aromatic rings. The lowest BCUT2D eigenvalue weighted by Gasteiger charge is -2.28. The zero-order chi connectivity index (χ0) is 25.8. The first-order valence-corrected chi connectivity index (χ1v) is 11.4. The molecule has 1 saturated heterocycles. The third-order valence-electron chi connectivity index (χ3n) is 5.29. The van der Waals surface area contributed by atoms with Gasteiger partial charge in [0.05, 0.1) is 25.2 Å². The monoisotopic (exact) mass is 509 g/mol. The first-order chi connectivity index (χ1) is 17.3. The number of terminal acetylenes is 1. The number of carbonyl (C=O) groups is 3. The van der Waals surface area contributed by atoms with Gasteiger partial charge in [-0.15, -0.1) is 17.8 Å². The van der Waals surface area contributed by atoms with E-state index in [1.165, 1.54) is 35.4 Å². The van der Waals surface area contributed by atoms with Gasteiger partial charge >= 0.3 is 6.03 Å². The Hall–Kier alpha value is -4.57. The summed E-state index contributed by atoms with van der Waals surface area (Å²) in [6.45, 7) is 0.193. The Bertz CT molecular complexity index is 1360. The number of nitrogens with zero attached hydrogens (tertiary/aromatic N) is 5. The van der Waals surface area contributed by atoms with Crippen LogP contribution in [0.1, 0.15) is 21.9 Å². The zero-order valence-electron chi connectivity index (χ0n) is 19.2. The molecule has 1 fully saturated rings. The second kappa shape index (κ2) is 10.4. The quantitative estimate of drug-likeness (QED) is 0.488. The van der Waals surface area contributed by atoms with E-state index in [9.17, 15) is 18.8 Å². The average Bonchev–Trinajstić information content (AvgIpc) is 3.52. The van der Waals surface area contributed by atoms with Gasteiger partial charge in [0.25, 0.3) is 11.8 Å². The minimum absolute atomic E-state index is 0.0205. The minimum atomic E-state index is -0.970. The molecule has 4 amide bonds. The standard InChI is InChI=1S/C23H20FN7O4S/c1-4-19-29-17(12-36-19)20(32)31(15-7-14(28-23(34)25-2)8-16(9-15)35-3)18-5-6-30(21(18)33)22-26-10-13(24)11-27-22/h1,7-12,18H,5-6H2,2-3H3,(H2,25,28,34). The number of urea groups is 1. The fourth-order valence-electron chi connectivity index (χ4n) is 3.65. The number of rotatable bonds is 6. The van der Waals surface area contributed by atoms with Crippen molar-refractivity contribution in [3.8, 4) is 18.1 Å². The predicted molar refractivity (Wildman–Crippen MR) is 131 cm³/mol. The van der Waals surface area contributed by atoms with E-state index in [0.717, 1.165) is 23.7 Å². The average molecular weight is 510 g/mol. The summed E-state index contributed by atoms with van der Waals surface area (Å²) >= 11 is 1.12. The van der Waals surface area contributed by atoms with E-state index in [1.807, 2.05) is 0 Å². The molecule has 1 unspecified atom stereocenters. The molecule has 2 aromatic heterocycles.